The second kappa shape index (κ2) is 8.90. The summed E-state index contributed by atoms with van der Waals surface area (Å²) in [5, 5.41) is 3.20. The summed E-state index contributed by atoms with van der Waals surface area (Å²) >= 11 is 0. The van der Waals surface area contributed by atoms with E-state index in [9.17, 15) is 4.79 Å². The van der Waals surface area contributed by atoms with Gasteiger partial charge in [0.2, 0.25) is 11.9 Å². The Labute approximate surface area is 160 Å². The number of nitrogens with zero attached hydrogens (tertiary/aromatic N) is 4. The number of aromatic nitrogens is 3. The van der Waals surface area contributed by atoms with Gasteiger partial charge in [0.15, 0.2) is 0 Å². The first-order valence-electron chi connectivity index (χ1n) is 9.35. The van der Waals surface area contributed by atoms with Gasteiger partial charge in [-0.2, -0.15) is 0 Å². The highest BCUT2D eigenvalue weighted by molar-refractivity contribution is 5.77. The summed E-state index contributed by atoms with van der Waals surface area (Å²) < 4.78 is 4.94. The second-order valence-electron chi connectivity index (χ2n) is 7.07. The number of carbonyl (C=O) groups excluding carboxylic acids is 1. The molecule has 3 rings (SSSR count). The van der Waals surface area contributed by atoms with Crippen LogP contribution in [0.3, 0.4) is 0 Å². The van der Waals surface area contributed by atoms with E-state index >= 15 is 0 Å². The zero-order valence-electron chi connectivity index (χ0n) is 16.2. The topological polar surface area (TPSA) is 80.2 Å². The zero-order chi connectivity index (χ0) is 19.2. The van der Waals surface area contributed by atoms with E-state index in [4.69, 9.17) is 9.72 Å². The van der Waals surface area contributed by atoms with E-state index in [0.717, 1.165) is 55.3 Å². The molecule has 27 heavy (non-hydrogen) atoms. The Bertz CT molecular complexity index is 767. The van der Waals surface area contributed by atoms with Crippen molar-refractivity contribution in [2.75, 3.05) is 32.1 Å². The van der Waals surface area contributed by atoms with Crippen LogP contribution in [0.5, 0.6) is 0 Å². The summed E-state index contributed by atoms with van der Waals surface area (Å²) in [4.78, 5) is 27.3. The van der Waals surface area contributed by atoms with Gasteiger partial charge in [0, 0.05) is 37.3 Å². The molecule has 0 aliphatic carbocycles. The molecule has 0 atom stereocenters. The molecule has 7 nitrogen and oxygen atoms in total. The number of aryl methyl sites for hydroxylation is 2. The third-order valence-electron chi connectivity index (χ3n) is 4.76. The van der Waals surface area contributed by atoms with Crippen molar-refractivity contribution in [3.05, 3.63) is 41.3 Å². The van der Waals surface area contributed by atoms with Crippen LogP contribution in [0, 0.1) is 19.8 Å². The molecule has 3 heterocycles. The number of amides is 1. The number of piperidine rings is 1. The zero-order valence-corrected chi connectivity index (χ0v) is 16.2. The Balaban J connectivity index is 1.57. The number of anilines is 2. The molecule has 1 aliphatic heterocycles. The lowest BCUT2D eigenvalue weighted by Gasteiger charge is -2.31. The number of methoxy groups -OCH3 is 1. The van der Waals surface area contributed by atoms with Gasteiger partial charge in [0.25, 0.3) is 0 Å². The summed E-state index contributed by atoms with van der Waals surface area (Å²) in [7, 11) is 1.56. The largest absolute Gasteiger partial charge is 0.375 e. The number of pyridine rings is 1. The second-order valence-corrected chi connectivity index (χ2v) is 7.07. The number of hydrogen-bond donors (Lipinski definition) is 1. The van der Waals surface area contributed by atoms with Crippen molar-refractivity contribution in [2.24, 2.45) is 5.92 Å². The molecular formula is C20H27N5O2. The lowest BCUT2D eigenvalue weighted by Crippen LogP contribution is -2.40. The van der Waals surface area contributed by atoms with Crippen LogP contribution in [0.15, 0.2) is 24.3 Å². The molecule has 1 saturated heterocycles. The van der Waals surface area contributed by atoms with Gasteiger partial charge in [0.1, 0.15) is 12.4 Å². The van der Waals surface area contributed by atoms with Gasteiger partial charge in [-0.3, -0.25) is 4.79 Å². The summed E-state index contributed by atoms with van der Waals surface area (Å²) in [6, 6.07) is 7.93. The fourth-order valence-corrected chi connectivity index (χ4v) is 3.46. The minimum Gasteiger partial charge on any atom is -0.375 e. The maximum atomic E-state index is 11.9. The lowest BCUT2D eigenvalue weighted by molar-refractivity contribution is -0.136. The normalized spacial score (nSPS) is 15.0. The SMILES string of the molecule is COCC(=O)N1CCC(Cc2cccc(Nc3nc(C)cc(C)n3)n2)CC1. The van der Waals surface area contributed by atoms with Crippen LogP contribution in [0.4, 0.5) is 11.8 Å². The molecule has 0 saturated carbocycles. The first-order valence-corrected chi connectivity index (χ1v) is 9.35. The van der Waals surface area contributed by atoms with Crippen LogP contribution in [0.1, 0.15) is 29.9 Å². The molecule has 1 N–H and O–H groups in total. The van der Waals surface area contributed by atoms with Crippen molar-refractivity contribution in [1.29, 1.82) is 0 Å². The molecule has 1 amide bonds. The van der Waals surface area contributed by atoms with Gasteiger partial charge >= 0.3 is 0 Å². The predicted molar refractivity (Wildman–Crippen MR) is 104 cm³/mol. The molecule has 2 aromatic rings. The molecule has 1 aliphatic rings. The predicted octanol–water partition coefficient (Wildman–Crippen LogP) is 2.66. The fourth-order valence-electron chi connectivity index (χ4n) is 3.46. The maximum absolute atomic E-state index is 11.9. The van der Waals surface area contributed by atoms with E-state index in [0.29, 0.717) is 11.9 Å². The van der Waals surface area contributed by atoms with E-state index in [2.05, 4.69) is 21.4 Å². The number of rotatable bonds is 6. The minimum absolute atomic E-state index is 0.0775. The standard InChI is InChI=1S/C20H27N5O2/c1-14-11-15(2)22-20(21-14)24-18-6-4-5-17(23-18)12-16-7-9-25(10-8-16)19(26)13-27-3/h4-6,11,16H,7-10,12-13H2,1-3H3,(H,21,22,23,24). The van der Waals surface area contributed by atoms with E-state index in [1.165, 1.54) is 0 Å². The average Bonchev–Trinajstić information content (AvgIpc) is 2.62. The van der Waals surface area contributed by atoms with Crippen molar-refractivity contribution < 1.29 is 9.53 Å². The Morgan fingerprint density at radius 2 is 1.89 bits per heavy atom. The molecular weight excluding hydrogens is 342 g/mol. The third kappa shape index (κ3) is 5.47. The average molecular weight is 369 g/mol. The van der Waals surface area contributed by atoms with Crippen molar-refractivity contribution in [1.82, 2.24) is 19.9 Å². The molecule has 0 radical (unpaired) electrons. The lowest BCUT2D eigenvalue weighted by atomic mass is 9.92. The van der Waals surface area contributed by atoms with E-state index in [1.807, 2.05) is 36.9 Å². The number of carbonyl (C=O) groups is 1. The molecule has 0 spiro atoms. The number of hydrogen-bond acceptors (Lipinski definition) is 6. The van der Waals surface area contributed by atoms with E-state index in [-0.39, 0.29) is 12.5 Å². The summed E-state index contributed by atoms with van der Waals surface area (Å²) in [6.07, 6.45) is 2.90. The van der Waals surface area contributed by atoms with Crippen LogP contribution in [0.25, 0.3) is 0 Å². The number of likely N-dealkylation sites (tertiary alicyclic amines) is 1. The van der Waals surface area contributed by atoms with Crippen LogP contribution >= 0.6 is 0 Å². The monoisotopic (exact) mass is 369 g/mol. The van der Waals surface area contributed by atoms with Crippen molar-refractivity contribution >= 4 is 17.7 Å². The molecule has 144 valence electrons. The van der Waals surface area contributed by atoms with Gasteiger partial charge in [-0.1, -0.05) is 6.07 Å². The maximum Gasteiger partial charge on any atom is 0.248 e. The fraction of sp³-hybridized carbons (Fsp3) is 0.500. The van der Waals surface area contributed by atoms with Gasteiger partial charge in [-0.05, 0) is 57.2 Å². The Kier molecular flexibility index (Phi) is 6.34. The summed E-state index contributed by atoms with van der Waals surface area (Å²) in [5.41, 5.74) is 2.90. The van der Waals surface area contributed by atoms with Crippen molar-refractivity contribution in [3.8, 4) is 0 Å². The van der Waals surface area contributed by atoms with Gasteiger partial charge in [-0.25, -0.2) is 15.0 Å². The smallest absolute Gasteiger partial charge is 0.248 e. The quantitative estimate of drug-likeness (QED) is 0.843. The summed E-state index contributed by atoms with van der Waals surface area (Å²) in [5.74, 6) is 1.94. The number of ether oxygens (including phenoxy) is 1. The van der Waals surface area contributed by atoms with Gasteiger partial charge < -0.3 is 15.0 Å². The van der Waals surface area contributed by atoms with E-state index < -0.39 is 0 Å². The highest BCUT2D eigenvalue weighted by Gasteiger charge is 2.23. The molecule has 7 heteroatoms. The molecule has 0 aromatic carbocycles. The Hall–Kier alpha value is -2.54. The van der Waals surface area contributed by atoms with Crippen LogP contribution < -0.4 is 5.32 Å². The number of nitrogens with one attached hydrogen (secondary N) is 1. The molecule has 0 unspecified atom stereocenters. The van der Waals surface area contributed by atoms with Crippen LogP contribution in [-0.4, -0.2) is 52.6 Å². The van der Waals surface area contributed by atoms with Crippen molar-refractivity contribution in [3.63, 3.8) is 0 Å². The Morgan fingerprint density at radius 1 is 1.19 bits per heavy atom. The van der Waals surface area contributed by atoms with Crippen molar-refractivity contribution in [2.45, 2.75) is 33.1 Å². The van der Waals surface area contributed by atoms with Crippen LogP contribution in [-0.2, 0) is 16.0 Å². The molecule has 2 aromatic heterocycles. The Morgan fingerprint density at radius 3 is 2.56 bits per heavy atom. The van der Waals surface area contributed by atoms with E-state index in [1.54, 1.807) is 7.11 Å². The first-order chi connectivity index (χ1) is 13.0. The summed E-state index contributed by atoms with van der Waals surface area (Å²) in [6.45, 7) is 5.66. The third-order valence-corrected chi connectivity index (χ3v) is 4.76. The van der Waals surface area contributed by atoms with Gasteiger partial charge in [0.05, 0.1) is 0 Å². The van der Waals surface area contributed by atoms with Gasteiger partial charge in [-0.15, -0.1) is 0 Å². The minimum atomic E-state index is 0.0775. The molecule has 1 fully saturated rings. The molecule has 0 bridgehead atoms. The first kappa shape index (κ1) is 19.2. The van der Waals surface area contributed by atoms with Crippen LogP contribution in [0.2, 0.25) is 0 Å². The highest BCUT2D eigenvalue weighted by atomic mass is 16.5. The highest BCUT2D eigenvalue weighted by Crippen LogP contribution is 2.22.